The van der Waals surface area contributed by atoms with Gasteiger partial charge in [-0.1, -0.05) is 23.7 Å². The van der Waals surface area contributed by atoms with Gasteiger partial charge in [0.2, 0.25) is 0 Å². The number of oxazole rings is 1. The molecular formula is C13H7ClN2O3S. The second-order valence-electron chi connectivity index (χ2n) is 3.83. The van der Waals surface area contributed by atoms with E-state index in [-0.39, 0.29) is 10.7 Å². The number of rotatable bonds is 3. The van der Waals surface area contributed by atoms with Gasteiger partial charge in [0.15, 0.2) is 11.3 Å². The highest BCUT2D eigenvalue weighted by molar-refractivity contribution is 7.99. The zero-order valence-corrected chi connectivity index (χ0v) is 11.5. The lowest BCUT2D eigenvalue weighted by molar-refractivity contribution is 0.0690. The molecule has 7 heteroatoms. The standard InChI is InChI=1S/C13H7ClN2O3S/c14-7-5-6-10(16-11(7)12(17)18)20-13-15-8-3-1-2-4-9(8)19-13/h1-6H,(H,17,18). The molecule has 0 unspecified atom stereocenters. The van der Waals surface area contributed by atoms with Gasteiger partial charge < -0.3 is 9.52 Å². The van der Waals surface area contributed by atoms with Crippen LogP contribution < -0.4 is 0 Å². The Bertz CT molecular complexity index is 770. The monoisotopic (exact) mass is 306 g/mol. The van der Waals surface area contributed by atoms with Crippen LogP contribution in [0.3, 0.4) is 0 Å². The van der Waals surface area contributed by atoms with Crippen LogP contribution in [0.25, 0.3) is 11.1 Å². The Balaban J connectivity index is 1.94. The molecule has 0 bridgehead atoms. The summed E-state index contributed by atoms with van der Waals surface area (Å²) in [5, 5.41) is 9.93. The number of halogens is 1. The lowest BCUT2D eigenvalue weighted by Crippen LogP contribution is -2.01. The van der Waals surface area contributed by atoms with Gasteiger partial charge in [-0.2, -0.15) is 0 Å². The van der Waals surface area contributed by atoms with E-state index in [1.165, 1.54) is 6.07 Å². The minimum absolute atomic E-state index is 0.0967. The molecule has 1 N–H and O–H groups in total. The fraction of sp³-hybridized carbons (Fsp3) is 0. The second-order valence-corrected chi connectivity index (χ2v) is 5.21. The molecule has 1 aromatic carbocycles. The third-order valence-electron chi connectivity index (χ3n) is 2.49. The molecule has 3 aromatic rings. The normalized spacial score (nSPS) is 10.8. The summed E-state index contributed by atoms with van der Waals surface area (Å²) in [6.45, 7) is 0. The van der Waals surface area contributed by atoms with Crippen LogP contribution in [0, 0.1) is 0 Å². The number of carboxylic acid groups (broad SMARTS) is 1. The predicted molar refractivity (Wildman–Crippen MR) is 74.3 cm³/mol. The summed E-state index contributed by atoms with van der Waals surface area (Å²) in [5.41, 5.74) is 1.22. The highest BCUT2D eigenvalue weighted by atomic mass is 35.5. The van der Waals surface area contributed by atoms with E-state index in [9.17, 15) is 4.79 Å². The van der Waals surface area contributed by atoms with Gasteiger partial charge in [0.1, 0.15) is 10.5 Å². The van der Waals surface area contributed by atoms with Gasteiger partial charge in [0, 0.05) is 0 Å². The number of fused-ring (bicyclic) bond motifs is 1. The molecular weight excluding hydrogens is 300 g/mol. The van der Waals surface area contributed by atoms with Gasteiger partial charge in [-0.25, -0.2) is 14.8 Å². The number of hydrogen-bond donors (Lipinski definition) is 1. The first kappa shape index (κ1) is 13.0. The van der Waals surface area contributed by atoms with Crippen LogP contribution in [0.5, 0.6) is 0 Å². The first-order valence-corrected chi connectivity index (χ1v) is 6.76. The van der Waals surface area contributed by atoms with Gasteiger partial charge in [0.05, 0.1) is 5.02 Å². The quantitative estimate of drug-likeness (QED) is 0.794. The molecule has 0 radical (unpaired) electrons. The summed E-state index contributed by atoms with van der Waals surface area (Å²) in [7, 11) is 0. The molecule has 3 rings (SSSR count). The van der Waals surface area contributed by atoms with Crippen LogP contribution in [0.2, 0.25) is 5.02 Å². The Labute approximate surface area is 122 Å². The number of pyridine rings is 1. The lowest BCUT2D eigenvalue weighted by Gasteiger charge is -2.00. The molecule has 0 fully saturated rings. The van der Waals surface area contributed by atoms with E-state index in [1.54, 1.807) is 6.07 Å². The Morgan fingerprint density at radius 2 is 2.00 bits per heavy atom. The highest BCUT2D eigenvalue weighted by Gasteiger charge is 2.14. The van der Waals surface area contributed by atoms with Gasteiger partial charge in [-0.3, -0.25) is 0 Å². The summed E-state index contributed by atoms with van der Waals surface area (Å²) in [6, 6.07) is 10.5. The highest BCUT2D eigenvalue weighted by Crippen LogP contribution is 2.29. The fourth-order valence-electron chi connectivity index (χ4n) is 1.62. The molecule has 20 heavy (non-hydrogen) atoms. The van der Waals surface area contributed by atoms with E-state index in [4.69, 9.17) is 21.1 Å². The van der Waals surface area contributed by atoms with Crippen LogP contribution in [0.1, 0.15) is 10.5 Å². The van der Waals surface area contributed by atoms with Crippen LogP contribution in [-0.2, 0) is 0 Å². The van der Waals surface area contributed by atoms with Gasteiger partial charge in [0.25, 0.3) is 5.22 Å². The van der Waals surface area contributed by atoms with Crippen molar-refractivity contribution in [1.82, 2.24) is 9.97 Å². The second kappa shape index (κ2) is 5.15. The third kappa shape index (κ3) is 2.48. The van der Waals surface area contributed by atoms with E-state index in [1.807, 2.05) is 24.3 Å². The van der Waals surface area contributed by atoms with E-state index in [2.05, 4.69) is 9.97 Å². The van der Waals surface area contributed by atoms with Crippen molar-refractivity contribution in [3.63, 3.8) is 0 Å². The topological polar surface area (TPSA) is 76.2 Å². The van der Waals surface area contributed by atoms with E-state index < -0.39 is 5.97 Å². The smallest absolute Gasteiger partial charge is 0.356 e. The number of carboxylic acids is 1. The van der Waals surface area contributed by atoms with Crippen molar-refractivity contribution in [1.29, 1.82) is 0 Å². The Morgan fingerprint density at radius 1 is 1.20 bits per heavy atom. The van der Waals surface area contributed by atoms with Crippen molar-refractivity contribution in [2.45, 2.75) is 10.2 Å². The maximum absolute atomic E-state index is 11.0. The first-order chi connectivity index (χ1) is 9.63. The summed E-state index contributed by atoms with van der Waals surface area (Å²) in [4.78, 5) is 19.2. The number of nitrogens with zero attached hydrogens (tertiary/aromatic N) is 2. The summed E-state index contributed by atoms with van der Waals surface area (Å²) >= 11 is 6.91. The molecule has 0 saturated carbocycles. The largest absolute Gasteiger partial charge is 0.476 e. The molecule has 2 heterocycles. The molecule has 0 aliphatic heterocycles. The zero-order chi connectivity index (χ0) is 14.1. The minimum Gasteiger partial charge on any atom is -0.476 e. The average molecular weight is 307 g/mol. The summed E-state index contributed by atoms with van der Waals surface area (Å²) in [6.07, 6.45) is 0. The molecule has 0 aliphatic rings. The van der Waals surface area contributed by atoms with Crippen molar-refractivity contribution < 1.29 is 14.3 Å². The fourth-order valence-corrected chi connectivity index (χ4v) is 2.53. The minimum atomic E-state index is -1.17. The zero-order valence-electron chi connectivity index (χ0n) is 9.91. The lowest BCUT2D eigenvalue weighted by atomic mass is 10.3. The summed E-state index contributed by atoms with van der Waals surface area (Å²) < 4.78 is 5.53. The van der Waals surface area contributed by atoms with E-state index >= 15 is 0 Å². The predicted octanol–water partition coefficient (Wildman–Crippen LogP) is 3.73. The molecule has 5 nitrogen and oxygen atoms in total. The van der Waals surface area contributed by atoms with Crippen LogP contribution in [-0.4, -0.2) is 21.0 Å². The van der Waals surface area contributed by atoms with Gasteiger partial charge in [-0.15, -0.1) is 0 Å². The van der Waals surface area contributed by atoms with Crippen LogP contribution in [0.4, 0.5) is 0 Å². The van der Waals surface area contributed by atoms with Gasteiger partial charge in [-0.05, 0) is 36.0 Å². The SMILES string of the molecule is O=C(O)c1nc(Sc2nc3ccccc3o2)ccc1Cl. The number of carbonyl (C=O) groups is 1. The molecule has 0 amide bonds. The Hall–Kier alpha value is -2.05. The van der Waals surface area contributed by atoms with E-state index in [0.29, 0.717) is 15.8 Å². The number of aromatic nitrogens is 2. The molecule has 0 atom stereocenters. The molecule has 0 spiro atoms. The van der Waals surface area contributed by atoms with Crippen molar-refractivity contribution in [2.75, 3.05) is 0 Å². The average Bonchev–Trinajstić information content (AvgIpc) is 2.82. The molecule has 100 valence electrons. The first-order valence-electron chi connectivity index (χ1n) is 5.57. The number of aromatic carboxylic acids is 1. The molecule has 0 aliphatic carbocycles. The van der Waals surface area contributed by atoms with E-state index in [0.717, 1.165) is 17.3 Å². The third-order valence-corrected chi connectivity index (χ3v) is 3.58. The maximum Gasteiger partial charge on any atom is 0.356 e. The molecule has 2 aromatic heterocycles. The van der Waals surface area contributed by atoms with Crippen molar-refractivity contribution in [2.24, 2.45) is 0 Å². The Kier molecular flexibility index (Phi) is 3.33. The Morgan fingerprint density at radius 3 is 2.75 bits per heavy atom. The summed E-state index contributed by atoms with van der Waals surface area (Å²) in [5.74, 6) is -1.17. The maximum atomic E-state index is 11.0. The van der Waals surface area contributed by atoms with Crippen molar-refractivity contribution >= 4 is 40.4 Å². The van der Waals surface area contributed by atoms with Crippen LogP contribution in [0.15, 0.2) is 51.1 Å². The van der Waals surface area contributed by atoms with Gasteiger partial charge >= 0.3 is 5.97 Å². The number of hydrogen-bond acceptors (Lipinski definition) is 5. The van der Waals surface area contributed by atoms with Crippen molar-refractivity contribution in [3.8, 4) is 0 Å². The number of benzene rings is 1. The molecule has 0 saturated heterocycles. The van der Waals surface area contributed by atoms with Crippen molar-refractivity contribution in [3.05, 3.63) is 47.1 Å². The number of para-hydroxylation sites is 2. The van der Waals surface area contributed by atoms with Crippen LogP contribution >= 0.6 is 23.4 Å².